The Labute approximate surface area is 134 Å². The van der Waals surface area contributed by atoms with E-state index in [1.807, 2.05) is 6.07 Å². The molecule has 0 fully saturated rings. The molecule has 0 atom stereocenters. The van der Waals surface area contributed by atoms with Crippen LogP contribution in [0, 0.1) is 0 Å². The molecule has 0 saturated carbocycles. The number of aromatic nitrogens is 1. The molecular formula is C12H13Br2N3O2S. The molecule has 1 aromatic carbocycles. The minimum absolute atomic E-state index is 0.187. The van der Waals surface area contributed by atoms with Crippen molar-refractivity contribution in [1.29, 1.82) is 0 Å². The largest absolute Gasteiger partial charge is 0.352 e. The topological polar surface area (TPSA) is 77.1 Å². The average molecular weight is 423 g/mol. The molecule has 3 N–H and O–H groups in total. The van der Waals surface area contributed by atoms with Crippen LogP contribution in [0.2, 0.25) is 0 Å². The maximum absolute atomic E-state index is 12.3. The van der Waals surface area contributed by atoms with Crippen molar-refractivity contribution >= 4 is 47.6 Å². The Morgan fingerprint density at radius 1 is 1.30 bits per heavy atom. The van der Waals surface area contributed by atoms with Gasteiger partial charge in [0.1, 0.15) is 4.90 Å². The van der Waals surface area contributed by atoms with Crippen molar-refractivity contribution in [2.24, 2.45) is 12.8 Å². The molecule has 0 unspecified atom stereocenters. The van der Waals surface area contributed by atoms with Gasteiger partial charge in [-0.1, -0.05) is 15.9 Å². The monoisotopic (exact) mass is 421 g/mol. The molecular weight excluding hydrogens is 410 g/mol. The second-order valence-electron chi connectivity index (χ2n) is 4.21. The standard InChI is InChI=1S/C12H13Br2N3O2S/c1-17-7-10(5-9(17)6-15)20(18,19)16-12-4-8(13)2-3-11(12)14/h2-5,7,16H,6,15H2,1H3. The van der Waals surface area contributed by atoms with Gasteiger partial charge >= 0.3 is 0 Å². The van der Waals surface area contributed by atoms with Gasteiger partial charge in [0.25, 0.3) is 10.0 Å². The summed E-state index contributed by atoms with van der Waals surface area (Å²) in [5.41, 5.74) is 6.77. The Balaban J connectivity index is 2.37. The van der Waals surface area contributed by atoms with Crippen molar-refractivity contribution in [2.45, 2.75) is 11.4 Å². The van der Waals surface area contributed by atoms with E-state index in [-0.39, 0.29) is 11.4 Å². The molecule has 108 valence electrons. The van der Waals surface area contributed by atoms with Crippen molar-refractivity contribution in [3.8, 4) is 0 Å². The second-order valence-corrected chi connectivity index (χ2v) is 7.66. The van der Waals surface area contributed by atoms with Gasteiger partial charge in [-0.2, -0.15) is 0 Å². The van der Waals surface area contributed by atoms with Crippen molar-refractivity contribution in [3.05, 3.63) is 45.1 Å². The Morgan fingerprint density at radius 2 is 2.00 bits per heavy atom. The van der Waals surface area contributed by atoms with E-state index in [1.54, 1.807) is 29.8 Å². The van der Waals surface area contributed by atoms with Gasteiger partial charge < -0.3 is 10.3 Å². The summed E-state index contributed by atoms with van der Waals surface area (Å²) >= 11 is 6.63. The molecule has 8 heteroatoms. The molecule has 2 rings (SSSR count). The molecule has 0 aliphatic rings. The van der Waals surface area contributed by atoms with Crippen LogP contribution in [0.15, 0.2) is 44.3 Å². The molecule has 0 saturated heterocycles. The van der Waals surface area contributed by atoms with Crippen LogP contribution in [0.1, 0.15) is 5.69 Å². The van der Waals surface area contributed by atoms with Gasteiger partial charge in [-0.25, -0.2) is 8.42 Å². The zero-order chi connectivity index (χ0) is 14.9. The first-order valence-electron chi connectivity index (χ1n) is 5.66. The summed E-state index contributed by atoms with van der Waals surface area (Å²) in [6.07, 6.45) is 1.54. The molecule has 0 amide bonds. The van der Waals surface area contributed by atoms with E-state index in [0.717, 1.165) is 10.2 Å². The fourth-order valence-corrected chi connectivity index (χ4v) is 3.71. The number of benzene rings is 1. The van der Waals surface area contributed by atoms with E-state index < -0.39 is 10.0 Å². The van der Waals surface area contributed by atoms with Crippen molar-refractivity contribution < 1.29 is 8.42 Å². The van der Waals surface area contributed by atoms with Crippen LogP contribution in [0.25, 0.3) is 0 Å². The summed E-state index contributed by atoms with van der Waals surface area (Å²) < 4.78 is 30.4. The first-order valence-corrected chi connectivity index (χ1v) is 8.73. The van der Waals surface area contributed by atoms with Crippen LogP contribution in [0.4, 0.5) is 5.69 Å². The Bertz CT molecular complexity index is 741. The highest BCUT2D eigenvalue weighted by Gasteiger charge is 2.18. The van der Waals surface area contributed by atoms with Gasteiger partial charge in [0, 0.05) is 34.4 Å². The number of aryl methyl sites for hydroxylation is 1. The van der Waals surface area contributed by atoms with Crippen LogP contribution < -0.4 is 10.5 Å². The predicted molar refractivity (Wildman–Crippen MR) is 86.0 cm³/mol. The number of sulfonamides is 1. The molecule has 0 spiro atoms. The number of rotatable bonds is 4. The first kappa shape index (κ1) is 15.6. The van der Waals surface area contributed by atoms with Gasteiger partial charge in [-0.05, 0) is 40.2 Å². The van der Waals surface area contributed by atoms with Gasteiger partial charge in [0.05, 0.1) is 5.69 Å². The van der Waals surface area contributed by atoms with E-state index >= 15 is 0 Å². The molecule has 0 radical (unpaired) electrons. The van der Waals surface area contributed by atoms with Crippen molar-refractivity contribution in [3.63, 3.8) is 0 Å². The third-order valence-corrected chi connectivity index (χ3v) is 5.29. The Kier molecular flexibility index (Phi) is 4.58. The van der Waals surface area contributed by atoms with E-state index in [2.05, 4.69) is 36.6 Å². The lowest BCUT2D eigenvalue weighted by Gasteiger charge is -2.08. The maximum Gasteiger partial charge on any atom is 0.263 e. The van der Waals surface area contributed by atoms with Crippen molar-refractivity contribution in [2.75, 3.05) is 4.72 Å². The SMILES string of the molecule is Cn1cc(S(=O)(=O)Nc2cc(Br)ccc2Br)cc1CN. The lowest BCUT2D eigenvalue weighted by molar-refractivity contribution is 0.601. The lowest BCUT2D eigenvalue weighted by atomic mass is 10.3. The van der Waals surface area contributed by atoms with E-state index in [9.17, 15) is 8.42 Å². The summed E-state index contributed by atoms with van der Waals surface area (Å²) in [5.74, 6) is 0. The number of nitrogens with zero attached hydrogens (tertiary/aromatic N) is 1. The normalized spacial score (nSPS) is 11.6. The predicted octanol–water partition coefficient (Wildman–Crippen LogP) is 2.81. The molecule has 0 aliphatic heterocycles. The molecule has 1 heterocycles. The maximum atomic E-state index is 12.3. The number of hydrogen-bond donors (Lipinski definition) is 2. The van der Waals surface area contributed by atoms with E-state index in [4.69, 9.17) is 5.73 Å². The number of halogens is 2. The number of anilines is 1. The van der Waals surface area contributed by atoms with Gasteiger partial charge in [0.15, 0.2) is 0 Å². The molecule has 2 aromatic rings. The second kappa shape index (κ2) is 5.88. The molecule has 0 bridgehead atoms. The minimum Gasteiger partial charge on any atom is -0.352 e. The minimum atomic E-state index is -3.64. The van der Waals surface area contributed by atoms with E-state index in [0.29, 0.717) is 10.2 Å². The summed E-state index contributed by atoms with van der Waals surface area (Å²) in [7, 11) is -1.88. The fourth-order valence-electron chi connectivity index (χ4n) is 1.71. The van der Waals surface area contributed by atoms with Crippen LogP contribution in [-0.2, 0) is 23.6 Å². The van der Waals surface area contributed by atoms with Crippen LogP contribution >= 0.6 is 31.9 Å². The van der Waals surface area contributed by atoms with E-state index in [1.165, 1.54) is 6.20 Å². The summed E-state index contributed by atoms with van der Waals surface area (Å²) in [6, 6.07) is 6.83. The highest BCUT2D eigenvalue weighted by molar-refractivity contribution is 9.11. The third-order valence-electron chi connectivity index (χ3n) is 2.77. The quantitative estimate of drug-likeness (QED) is 0.795. The molecule has 1 aromatic heterocycles. The highest BCUT2D eigenvalue weighted by Crippen LogP contribution is 2.28. The van der Waals surface area contributed by atoms with Crippen LogP contribution in [0.5, 0.6) is 0 Å². The Morgan fingerprint density at radius 3 is 2.60 bits per heavy atom. The molecule has 0 aliphatic carbocycles. The number of hydrogen-bond acceptors (Lipinski definition) is 3. The number of nitrogens with two attached hydrogens (primary N) is 1. The first-order chi connectivity index (χ1) is 9.33. The van der Waals surface area contributed by atoms with Gasteiger partial charge in [-0.15, -0.1) is 0 Å². The van der Waals surface area contributed by atoms with Gasteiger partial charge in [0.2, 0.25) is 0 Å². The number of nitrogens with one attached hydrogen (secondary N) is 1. The zero-order valence-corrected chi connectivity index (χ0v) is 14.6. The molecule has 5 nitrogen and oxygen atoms in total. The highest BCUT2D eigenvalue weighted by atomic mass is 79.9. The zero-order valence-electron chi connectivity index (χ0n) is 10.6. The van der Waals surface area contributed by atoms with Crippen LogP contribution in [0.3, 0.4) is 0 Å². The summed E-state index contributed by atoms with van der Waals surface area (Å²) in [4.78, 5) is 0.187. The average Bonchev–Trinajstić information content (AvgIpc) is 2.76. The summed E-state index contributed by atoms with van der Waals surface area (Å²) in [6.45, 7) is 0.284. The van der Waals surface area contributed by atoms with Crippen molar-refractivity contribution in [1.82, 2.24) is 4.57 Å². The van der Waals surface area contributed by atoms with Crippen LogP contribution in [-0.4, -0.2) is 13.0 Å². The fraction of sp³-hybridized carbons (Fsp3) is 0.167. The van der Waals surface area contributed by atoms with Gasteiger partial charge in [-0.3, -0.25) is 4.72 Å². The Hall–Kier alpha value is -0.830. The lowest BCUT2D eigenvalue weighted by Crippen LogP contribution is -2.12. The molecule has 20 heavy (non-hydrogen) atoms. The smallest absolute Gasteiger partial charge is 0.263 e. The third kappa shape index (κ3) is 3.25. The summed E-state index contributed by atoms with van der Waals surface area (Å²) in [5, 5.41) is 0.